The molecule has 0 radical (unpaired) electrons. The molecule has 0 fully saturated rings. The maximum absolute atomic E-state index is 12.3. The fourth-order valence-electron chi connectivity index (χ4n) is 1.88. The van der Waals surface area contributed by atoms with Gasteiger partial charge < -0.3 is 16.4 Å². The van der Waals surface area contributed by atoms with Gasteiger partial charge in [-0.25, -0.2) is 0 Å². The first-order chi connectivity index (χ1) is 9.47. The number of hydrogen-bond donors (Lipinski definition) is 3. The van der Waals surface area contributed by atoms with Crippen molar-refractivity contribution in [1.29, 1.82) is 0 Å². The van der Waals surface area contributed by atoms with E-state index in [1.807, 2.05) is 26.0 Å². The molecule has 20 heavy (non-hydrogen) atoms. The first-order valence-electron chi connectivity index (χ1n) is 6.90. The molecule has 1 rings (SSSR count). The zero-order valence-electron chi connectivity index (χ0n) is 12.3. The number of carbonyl (C=O) groups excluding carboxylic acids is 2. The van der Waals surface area contributed by atoms with Gasteiger partial charge in [-0.3, -0.25) is 9.59 Å². The minimum Gasteiger partial charge on any atom is -0.384 e. The number of benzene rings is 1. The first kappa shape index (κ1) is 16.0. The van der Waals surface area contributed by atoms with Crippen molar-refractivity contribution in [3.05, 3.63) is 29.8 Å². The molecule has 1 atom stereocenters. The Balaban J connectivity index is 2.88. The fraction of sp³-hybridized carbons (Fsp3) is 0.467. The number of nitrogens with two attached hydrogens (primary N) is 1. The fourth-order valence-corrected chi connectivity index (χ4v) is 1.88. The van der Waals surface area contributed by atoms with E-state index >= 15 is 0 Å². The van der Waals surface area contributed by atoms with E-state index in [9.17, 15) is 9.59 Å². The van der Waals surface area contributed by atoms with Crippen molar-refractivity contribution in [3.8, 4) is 0 Å². The summed E-state index contributed by atoms with van der Waals surface area (Å²) in [5.74, 6) is -0.860. The van der Waals surface area contributed by atoms with Crippen LogP contribution < -0.4 is 16.4 Å². The molecule has 110 valence electrons. The van der Waals surface area contributed by atoms with Crippen molar-refractivity contribution in [2.75, 3.05) is 11.9 Å². The molecule has 0 heterocycles. The largest absolute Gasteiger partial charge is 0.384 e. The van der Waals surface area contributed by atoms with Crippen LogP contribution in [0.1, 0.15) is 37.6 Å². The van der Waals surface area contributed by atoms with Crippen LogP contribution in [-0.4, -0.2) is 24.4 Å². The van der Waals surface area contributed by atoms with E-state index in [1.165, 1.54) is 0 Å². The van der Waals surface area contributed by atoms with Gasteiger partial charge in [0.2, 0.25) is 5.91 Å². The quantitative estimate of drug-likeness (QED) is 0.710. The predicted octanol–water partition coefficient (Wildman–Crippen LogP) is 1.75. The van der Waals surface area contributed by atoms with Gasteiger partial charge >= 0.3 is 0 Å². The van der Waals surface area contributed by atoms with Crippen LogP contribution in [0, 0.1) is 5.92 Å². The Morgan fingerprint density at radius 3 is 2.45 bits per heavy atom. The second-order valence-electron chi connectivity index (χ2n) is 5.07. The molecule has 0 spiro atoms. The SMILES string of the molecule is CCCNc1ccccc1C(=O)NC(C(N)=O)C(C)C. The van der Waals surface area contributed by atoms with E-state index in [2.05, 4.69) is 17.6 Å². The smallest absolute Gasteiger partial charge is 0.254 e. The lowest BCUT2D eigenvalue weighted by Gasteiger charge is -2.20. The van der Waals surface area contributed by atoms with Crippen LogP contribution in [0.4, 0.5) is 5.69 Å². The lowest BCUT2D eigenvalue weighted by atomic mass is 10.0. The summed E-state index contributed by atoms with van der Waals surface area (Å²) in [7, 11) is 0. The average Bonchev–Trinajstić information content (AvgIpc) is 2.41. The molecule has 0 aliphatic rings. The number of hydrogen-bond acceptors (Lipinski definition) is 3. The van der Waals surface area contributed by atoms with E-state index in [0.29, 0.717) is 5.56 Å². The Hall–Kier alpha value is -2.04. The molecule has 0 aliphatic heterocycles. The normalized spacial score (nSPS) is 12.0. The molecule has 0 aliphatic carbocycles. The van der Waals surface area contributed by atoms with Gasteiger partial charge in [0, 0.05) is 12.2 Å². The number of amides is 2. The Morgan fingerprint density at radius 2 is 1.90 bits per heavy atom. The highest BCUT2D eigenvalue weighted by Gasteiger charge is 2.23. The van der Waals surface area contributed by atoms with Gasteiger partial charge in [0.05, 0.1) is 5.56 Å². The first-order valence-corrected chi connectivity index (χ1v) is 6.90. The number of nitrogens with one attached hydrogen (secondary N) is 2. The number of rotatable bonds is 7. The van der Waals surface area contributed by atoms with Gasteiger partial charge in [-0.05, 0) is 24.5 Å². The highest BCUT2D eigenvalue weighted by molar-refractivity contribution is 6.01. The Bertz CT molecular complexity index is 472. The second-order valence-corrected chi connectivity index (χ2v) is 5.07. The maximum atomic E-state index is 12.3. The molecule has 2 amide bonds. The Kier molecular flexibility index (Phi) is 6.03. The van der Waals surface area contributed by atoms with Crippen LogP contribution in [0.5, 0.6) is 0 Å². The number of anilines is 1. The molecule has 1 unspecified atom stereocenters. The van der Waals surface area contributed by atoms with Gasteiger partial charge in [-0.1, -0.05) is 32.9 Å². The second kappa shape index (κ2) is 7.53. The van der Waals surface area contributed by atoms with Crippen molar-refractivity contribution in [2.24, 2.45) is 11.7 Å². The molecule has 1 aromatic carbocycles. The summed E-state index contributed by atoms with van der Waals surface area (Å²) in [5, 5.41) is 5.89. The summed E-state index contributed by atoms with van der Waals surface area (Å²) in [6.45, 7) is 6.53. The molecule has 0 saturated heterocycles. The Morgan fingerprint density at radius 1 is 1.25 bits per heavy atom. The van der Waals surface area contributed by atoms with E-state index in [4.69, 9.17) is 5.73 Å². The minimum absolute atomic E-state index is 0.0489. The standard InChI is InChI=1S/C15H23N3O2/c1-4-9-17-12-8-6-5-7-11(12)15(20)18-13(10(2)3)14(16)19/h5-8,10,13,17H,4,9H2,1-3H3,(H2,16,19)(H,18,20). The highest BCUT2D eigenvalue weighted by Crippen LogP contribution is 2.15. The van der Waals surface area contributed by atoms with Crippen LogP contribution in [0.3, 0.4) is 0 Å². The summed E-state index contributed by atoms with van der Waals surface area (Å²) < 4.78 is 0. The van der Waals surface area contributed by atoms with Crippen molar-refractivity contribution < 1.29 is 9.59 Å². The third-order valence-corrected chi connectivity index (χ3v) is 3.00. The third-order valence-electron chi connectivity index (χ3n) is 3.00. The molecule has 0 bridgehead atoms. The lowest BCUT2D eigenvalue weighted by molar-refractivity contribution is -0.120. The molecule has 1 aromatic rings. The predicted molar refractivity (Wildman–Crippen MR) is 80.5 cm³/mol. The third kappa shape index (κ3) is 4.26. The van der Waals surface area contributed by atoms with Crippen molar-refractivity contribution >= 4 is 17.5 Å². The van der Waals surface area contributed by atoms with Crippen LogP contribution in [0.25, 0.3) is 0 Å². The summed E-state index contributed by atoms with van der Waals surface area (Å²) in [6, 6.07) is 6.57. The summed E-state index contributed by atoms with van der Waals surface area (Å²) in [6.07, 6.45) is 0.964. The molecule has 5 heteroatoms. The minimum atomic E-state index is -0.665. The summed E-state index contributed by atoms with van der Waals surface area (Å²) >= 11 is 0. The molecular formula is C15H23N3O2. The van der Waals surface area contributed by atoms with Crippen molar-refractivity contribution in [3.63, 3.8) is 0 Å². The van der Waals surface area contributed by atoms with Crippen molar-refractivity contribution in [2.45, 2.75) is 33.2 Å². The molecule has 4 N–H and O–H groups in total. The van der Waals surface area contributed by atoms with Crippen molar-refractivity contribution in [1.82, 2.24) is 5.32 Å². The Labute approximate surface area is 119 Å². The lowest BCUT2D eigenvalue weighted by Crippen LogP contribution is -2.47. The average molecular weight is 277 g/mol. The summed E-state index contributed by atoms with van der Waals surface area (Å²) in [4.78, 5) is 23.6. The van der Waals surface area contributed by atoms with E-state index < -0.39 is 11.9 Å². The number of carbonyl (C=O) groups is 2. The molecule has 0 aromatic heterocycles. The molecular weight excluding hydrogens is 254 g/mol. The maximum Gasteiger partial charge on any atom is 0.254 e. The van der Waals surface area contributed by atoms with Gasteiger partial charge in [0.1, 0.15) is 6.04 Å². The van der Waals surface area contributed by atoms with Crippen LogP contribution in [-0.2, 0) is 4.79 Å². The monoisotopic (exact) mass is 277 g/mol. The zero-order valence-corrected chi connectivity index (χ0v) is 12.3. The van der Waals surface area contributed by atoms with Gasteiger partial charge in [-0.2, -0.15) is 0 Å². The van der Waals surface area contributed by atoms with E-state index in [1.54, 1.807) is 12.1 Å². The highest BCUT2D eigenvalue weighted by atomic mass is 16.2. The van der Waals surface area contributed by atoms with Gasteiger partial charge in [-0.15, -0.1) is 0 Å². The van der Waals surface area contributed by atoms with Gasteiger partial charge in [0.25, 0.3) is 5.91 Å². The summed E-state index contributed by atoms with van der Waals surface area (Å²) in [5.41, 5.74) is 6.60. The van der Waals surface area contributed by atoms with Gasteiger partial charge in [0.15, 0.2) is 0 Å². The molecule has 0 saturated carbocycles. The topological polar surface area (TPSA) is 84.2 Å². The number of para-hydroxylation sites is 1. The molecule has 5 nitrogen and oxygen atoms in total. The van der Waals surface area contributed by atoms with Crippen LogP contribution >= 0.6 is 0 Å². The van der Waals surface area contributed by atoms with E-state index in [0.717, 1.165) is 18.7 Å². The number of primary amides is 1. The van der Waals surface area contributed by atoms with Crippen LogP contribution in [0.15, 0.2) is 24.3 Å². The van der Waals surface area contributed by atoms with E-state index in [-0.39, 0.29) is 11.8 Å². The zero-order chi connectivity index (χ0) is 15.1. The van der Waals surface area contributed by atoms with Crippen LogP contribution in [0.2, 0.25) is 0 Å².